The van der Waals surface area contributed by atoms with E-state index in [0.29, 0.717) is 17.0 Å². The van der Waals surface area contributed by atoms with Gasteiger partial charge in [0.1, 0.15) is 23.4 Å². The number of benzene rings is 5. The number of aliphatic hydroxyl groups is 1. The second kappa shape index (κ2) is 20.3. The van der Waals surface area contributed by atoms with E-state index in [1.807, 2.05) is 42.5 Å². The number of piperazine rings is 1. The molecule has 1 saturated heterocycles. The van der Waals surface area contributed by atoms with Gasteiger partial charge in [0, 0.05) is 43.2 Å². The van der Waals surface area contributed by atoms with Gasteiger partial charge in [-0.3, -0.25) is 0 Å². The zero-order valence-electron chi connectivity index (χ0n) is 30.4. The van der Waals surface area contributed by atoms with Gasteiger partial charge in [-0.25, -0.2) is 9.79 Å². The van der Waals surface area contributed by atoms with Gasteiger partial charge in [-0.15, -0.1) is 0 Å². The third kappa shape index (κ3) is 12.0. The molecular formula is C44H49ClN4O4. The molecule has 2 aliphatic heterocycles. The first-order chi connectivity index (χ1) is 25.8. The highest BCUT2D eigenvalue weighted by Crippen LogP contribution is 2.39. The lowest BCUT2D eigenvalue weighted by atomic mass is 9.88. The standard InChI is InChI=1S/C24H27N.C17H16ClN3O.C3H6O3/c1-20(19-21-11-5-2-6-12-21)25-18-17-24(22-13-7-3-8-14-22)23-15-9-4-10-16-23;18-12-5-6-15-13(11-12)17(21-9-7-19-8-10-21)20-14-3-1-2-4-16(14)22-15;1-2(4)3(5)6/h2-16,20,24-25H,17-19H2,1H3;1-6,11,19H,7-10H2;2,4H,1H3,(H,5,6). The van der Waals surface area contributed by atoms with Crippen LogP contribution < -0.4 is 15.4 Å². The molecule has 0 bridgehead atoms. The second-order valence-corrected chi connectivity index (χ2v) is 13.5. The predicted octanol–water partition coefficient (Wildman–Crippen LogP) is 8.31. The Morgan fingerprint density at radius 1 is 0.830 bits per heavy atom. The number of hydrogen-bond acceptors (Lipinski definition) is 7. The summed E-state index contributed by atoms with van der Waals surface area (Å²) in [7, 11) is 0. The first-order valence-corrected chi connectivity index (χ1v) is 18.6. The van der Waals surface area contributed by atoms with Crippen molar-refractivity contribution in [2.24, 2.45) is 4.99 Å². The Hall–Kier alpha value is -4.99. The number of ether oxygens (including phenoxy) is 1. The smallest absolute Gasteiger partial charge is 0.332 e. The number of nitrogens with zero attached hydrogens (tertiary/aromatic N) is 2. The highest BCUT2D eigenvalue weighted by Gasteiger charge is 2.24. The largest absolute Gasteiger partial charge is 0.479 e. The maximum atomic E-state index is 9.45. The molecule has 0 radical (unpaired) electrons. The van der Waals surface area contributed by atoms with Gasteiger partial charge in [0.15, 0.2) is 5.75 Å². The van der Waals surface area contributed by atoms with Gasteiger partial charge in [-0.2, -0.15) is 0 Å². The fraction of sp³-hybridized carbons (Fsp3) is 0.273. The average molecular weight is 733 g/mol. The van der Waals surface area contributed by atoms with E-state index in [1.165, 1.54) is 23.6 Å². The molecule has 0 amide bonds. The second-order valence-electron chi connectivity index (χ2n) is 13.1. The average Bonchev–Trinajstić information content (AvgIpc) is 3.35. The van der Waals surface area contributed by atoms with Crippen LogP contribution in [-0.4, -0.2) is 71.8 Å². The number of fused-ring (bicyclic) bond motifs is 2. The van der Waals surface area contributed by atoms with E-state index in [2.05, 4.69) is 113 Å². The van der Waals surface area contributed by atoms with Crippen LogP contribution in [0.3, 0.4) is 0 Å². The number of hydrogen-bond donors (Lipinski definition) is 4. The highest BCUT2D eigenvalue weighted by molar-refractivity contribution is 6.31. The molecule has 0 saturated carbocycles. The van der Waals surface area contributed by atoms with Crippen LogP contribution in [0.4, 0.5) is 5.69 Å². The summed E-state index contributed by atoms with van der Waals surface area (Å²) in [6, 6.07) is 46.4. The van der Waals surface area contributed by atoms with Crippen molar-refractivity contribution in [1.29, 1.82) is 0 Å². The Morgan fingerprint density at radius 3 is 2.00 bits per heavy atom. The molecule has 2 aliphatic rings. The zero-order valence-corrected chi connectivity index (χ0v) is 31.1. The third-order valence-corrected chi connectivity index (χ3v) is 9.22. The minimum absolute atomic E-state index is 0.443. The minimum Gasteiger partial charge on any atom is -0.479 e. The van der Waals surface area contributed by atoms with Gasteiger partial charge in [0.2, 0.25) is 0 Å². The number of aliphatic hydroxyl groups excluding tert-OH is 1. The predicted molar refractivity (Wildman–Crippen MR) is 215 cm³/mol. The van der Waals surface area contributed by atoms with Crippen LogP contribution in [-0.2, 0) is 11.2 Å². The molecule has 0 aliphatic carbocycles. The van der Waals surface area contributed by atoms with Gasteiger partial charge in [0.25, 0.3) is 0 Å². The van der Waals surface area contributed by atoms with Crippen molar-refractivity contribution in [3.63, 3.8) is 0 Å². The number of aliphatic carboxylic acids is 1. The monoisotopic (exact) mass is 732 g/mol. The Kier molecular flexibility index (Phi) is 15.0. The lowest BCUT2D eigenvalue weighted by Gasteiger charge is -2.30. The molecule has 9 heteroatoms. The maximum absolute atomic E-state index is 9.45. The number of nitrogens with one attached hydrogen (secondary N) is 2. The molecule has 7 rings (SSSR count). The van der Waals surface area contributed by atoms with Crippen LogP contribution in [0.5, 0.6) is 11.5 Å². The summed E-state index contributed by atoms with van der Waals surface area (Å²) in [6.45, 7) is 8.24. The molecule has 1 fully saturated rings. The number of rotatable bonds is 9. The molecule has 2 heterocycles. The number of carboxylic acids is 1. The van der Waals surface area contributed by atoms with Gasteiger partial charge in [-0.05, 0) is 80.3 Å². The van der Waals surface area contributed by atoms with Crippen molar-refractivity contribution >= 4 is 29.1 Å². The van der Waals surface area contributed by atoms with Crippen molar-refractivity contribution in [3.8, 4) is 11.5 Å². The Labute approximate surface area is 318 Å². The molecule has 5 aromatic rings. The first kappa shape index (κ1) is 39.2. The fourth-order valence-corrected chi connectivity index (χ4v) is 6.39. The Bertz CT molecular complexity index is 1840. The van der Waals surface area contributed by atoms with Crippen molar-refractivity contribution in [2.45, 2.75) is 44.8 Å². The quantitative estimate of drug-likeness (QED) is 0.121. The summed E-state index contributed by atoms with van der Waals surface area (Å²) in [6.07, 6.45) is 0.944. The molecule has 2 atom stereocenters. The molecular weight excluding hydrogens is 684 g/mol. The molecule has 2 unspecified atom stereocenters. The van der Waals surface area contributed by atoms with E-state index in [1.54, 1.807) is 0 Å². The van der Waals surface area contributed by atoms with Crippen molar-refractivity contribution in [2.75, 3.05) is 32.7 Å². The molecule has 0 spiro atoms. The van der Waals surface area contributed by atoms with E-state index in [-0.39, 0.29) is 0 Å². The molecule has 276 valence electrons. The molecule has 5 aromatic carbocycles. The number of aliphatic imine (C=N–C) groups is 1. The van der Waals surface area contributed by atoms with Crippen LogP contribution >= 0.6 is 11.6 Å². The number of carbonyl (C=O) groups is 1. The Balaban J connectivity index is 0.000000178. The summed E-state index contributed by atoms with van der Waals surface area (Å²) in [5.74, 6) is 1.76. The summed E-state index contributed by atoms with van der Waals surface area (Å²) in [4.78, 5) is 16.6. The number of carboxylic acid groups (broad SMARTS) is 1. The van der Waals surface area contributed by atoms with Crippen LogP contribution in [0.1, 0.15) is 48.4 Å². The van der Waals surface area contributed by atoms with Crippen LogP contribution in [0.25, 0.3) is 0 Å². The van der Waals surface area contributed by atoms with E-state index < -0.39 is 12.1 Å². The Morgan fingerprint density at radius 2 is 1.40 bits per heavy atom. The van der Waals surface area contributed by atoms with Gasteiger partial charge < -0.3 is 30.5 Å². The van der Waals surface area contributed by atoms with Crippen molar-refractivity contribution in [1.82, 2.24) is 15.5 Å². The lowest BCUT2D eigenvalue weighted by Crippen LogP contribution is -2.46. The maximum Gasteiger partial charge on any atom is 0.332 e. The number of para-hydroxylation sites is 2. The van der Waals surface area contributed by atoms with Crippen molar-refractivity contribution < 1.29 is 19.7 Å². The lowest BCUT2D eigenvalue weighted by molar-refractivity contribution is -0.145. The molecule has 0 aromatic heterocycles. The minimum atomic E-state index is -1.23. The van der Waals surface area contributed by atoms with E-state index in [9.17, 15) is 4.79 Å². The van der Waals surface area contributed by atoms with Gasteiger partial charge in [-0.1, -0.05) is 115 Å². The zero-order chi connectivity index (χ0) is 37.4. The first-order valence-electron chi connectivity index (χ1n) is 18.2. The SMILES string of the molecule is CC(Cc1ccccc1)NCCC(c1ccccc1)c1ccccc1.CC(O)C(=O)O.Clc1ccc2c(c1)C(N1CCNCC1)=Nc1ccccc1O2. The summed E-state index contributed by atoms with van der Waals surface area (Å²) < 4.78 is 6.06. The van der Waals surface area contributed by atoms with Crippen molar-refractivity contribution in [3.05, 3.63) is 161 Å². The molecule has 8 nitrogen and oxygen atoms in total. The molecule has 53 heavy (non-hydrogen) atoms. The van der Waals surface area contributed by atoms with Gasteiger partial charge >= 0.3 is 5.97 Å². The summed E-state index contributed by atoms with van der Waals surface area (Å²) in [5.41, 5.74) is 5.98. The molecule has 4 N–H and O–H groups in total. The summed E-state index contributed by atoms with van der Waals surface area (Å²) >= 11 is 6.20. The number of amidine groups is 1. The third-order valence-electron chi connectivity index (χ3n) is 8.98. The van der Waals surface area contributed by atoms with E-state index in [4.69, 9.17) is 31.5 Å². The van der Waals surface area contributed by atoms with Crippen LogP contribution in [0.15, 0.2) is 138 Å². The fourth-order valence-electron chi connectivity index (χ4n) is 6.22. The van der Waals surface area contributed by atoms with Crippen LogP contribution in [0, 0.1) is 0 Å². The highest BCUT2D eigenvalue weighted by atomic mass is 35.5. The van der Waals surface area contributed by atoms with E-state index >= 15 is 0 Å². The summed E-state index contributed by atoms with van der Waals surface area (Å²) in [5, 5.41) is 23.5. The van der Waals surface area contributed by atoms with Crippen LogP contribution in [0.2, 0.25) is 5.02 Å². The topological polar surface area (TPSA) is 106 Å². The van der Waals surface area contributed by atoms with E-state index in [0.717, 1.165) is 74.2 Å². The van der Waals surface area contributed by atoms with Gasteiger partial charge in [0.05, 0.1) is 5.56 Å². The normalized spacial score (nSPS) is 14.4. The number of halogens is 1.